The van der Waals surface area contributed by atoms with Gasteiger partial charge < -0.3 is 9.88 Å². The standard InChI is InChI=1S/C18H19N5/c1-23-15-7-6-13(10-14(15)21-18(23)12-4-5-12)20-16-8-9-19-17(22-16)11-2-3-11/h6-12H,2-5H2,1H3,(H,19,20,22). The van der Waals surface area contributed by atoms with Gasteiger partial charge in [-0.3, -0.25) is 0 Å². The van der Waals surface area contributed by atoms with Crippen LogP contribution in [0, 0.1) is 0 Å². The maximum absolute atomic E-state index is 4.82. The van der Waals surface area contributed by atoms with E-state index in [4.69, 9.17) is 4.98 Å². The van der Waals surface area contributed by atoms with Crippen LogP contribution in [-0.2, 0) is 7.05 Å². The van der Waals surface area contributed by atoms with Gasteiger partial charge in [0, 0.05) is 30.8 Å². The van der Waals surface area contributed by atoms with E-state index in [1.807, 2.05) is 12.3 Å². The van der Waals surface area contributed by atoms with E-state index in [2.05, 4.69) is 45.1 Å². The largest absolute Gasteiger partial charge is 0.340 e. The Balaban J connectivity index is 1.47. The molecule has 0 atom stereocenters. The second kappa shape index (κ2) is 4.78. The van der Waals surface area contributed by atoms with Gasteiger partial charge in [0.25, 0.3) is 0 Å². The molecule has 0 saturated heterocycles. The molecule has 3 aromatic rings. The van der Waals surface area contributed by atoms with Crippen LogP contribution in [0.25, 0.3) is 11.0 Å². The molecule has 0 aliphatic heterocycles. The fraction of sp³-hybridized carbons (Fsp3) is 0.389. The molecule has 2 fully saturated rings. The second-order valence-corrected chi connectivity index (χ2v) is 6.71. The number of anilines is 2. The highest BCUT2D eigenvalue weighted by Crippen LogP contribution is 2.40. The zero-order chi connectivity index (χ0) is 15.4. The number of benzene rings is 1. The number of aromatic nitrogens is 4. The summed E-state index contributed by atoms with van der Waals surface area (Å²) in [7, 11) is 2.11. The Labute approximate surface area is 134 Å². The molecule has 5 nitrogen and oxygen atoms in total. The molecule has 23 heavy (non-hydrogen) atoms. The molecule has 116 valence electrons. The van der Waals surface area contributed by atoms with Gasteiger partial charge in [0.15, 0.2) is 0 Å². The summed E-state index contributed by atoms with van der Waals surface area (Å²) in [5.74, 6) is 4.27. The van der Waals surface area contributed by atoms with E-state index in [1.54, 1.807) is 0 Å². The Bertz CT molecular complexity index is 890. The number of nitrogens with one attached hydrogen (secondary N) is 1. The topological polar surface area (TPSA) is 55.6 Å². The van der Waals surface area contributed by atoms with Gasteiger partial charge in [-0.25, -0.2) is 15.0 Å². The molecule has 1 N–H and O–H groups in total. The Morgan fingerprint density at radius 3 is 2.65 bits per heavy atom. The van der Waals surface area contributed by atoms with Crippen molar-refractivity contribution >= 4 is 22.5 Å². The van der Waals surface area contributed by atoms with Crippen molar-refractivity contribution < 1.29 is 0 Å². The highest BCUT2D eigenvalue weighted by atomic mass is 15.1. The van der Waals surface area contributed by atoms with Crippen LogP contribution in [0.1, 0.15) is 49.2 Å². The Morgan fingerprint density at radius 1 is 1.04 bits per heavy atom. The summed E-state index contributed by atoms with van der Waals surface area (Å²) in [4.78, 5) is 13.8. The first-order valence-corrected chi connectivity index (χ1v) is 8.34. The van der Waals surface area contributed by atoms with E-state index in [0.717, 1.165) is 22.8 Å². The first-order valence-electron chi connectivity index (χ1n) is 8.34. The average Bonchev–Trinajstić information content (AvgIpc) is 3.46. The van der Waals surface area contributed by atoms with Gasteiger partial charge in [-0.05, 0) is 49.9 Å². The predicted molar refractivity (Wildman–Crippen MR) is 90.0 cm³/mol. The fourth-order valence-corrected chi connectivity index (χ4v) is 3.13. The lowest BCUT2D eigenvalue weighted by molar-refractivity contribution is 0.820. The molecule has 2 saturated carbocycles. The molecular weight excluding hydrogens is 286 g/mol. The SMILES string of the molecule is Cn1c(C2CC2)nc2cc(Nc3ccnc(C4CC4)n3)ccc21. The van der Waals surface area contributed by atoms with E-state index < -0.39 is 0 Å². The Hall–Kier alpha value is -2.43. The summed E-state index contributed by atoms with van der Waals surface area (Å²) in [6.45, 7) is 0. The zero-order valence-corrected chi connectivity index (χ0v) is 13.2. The normalized spacial score (nSPS) is 17.6. The fourth-order valence-electron chi connectivity index (χ4n) is 3.13. The van der Waals surface area contributed by atoms with Crippen LogP contribution in [0.5, 0.6) is 0 Å². The predicted octanol–water partition coefficient (Wildman–Crippen LogP) is 3.86. The highest BCUT2D eigenvalue weighted by Gasteiger charge is 2.28. The van der Waals surface area contributed by atoms with E-state index in [9.17, 15) is 0 Å². The van der Waals surface area contributed by atoms with Gasteiger partial charge in [-0.2, -0.15) is 0 Å². The van der Waals surface area contributed by atoms with Gasteiger partial charge >= 0.3 is 0 Å². The third-order valence-electron chi connectivity index (χ3n) is 4.75. The quantitative estimate of drug-likeness (QED) is 0.795. The van der Waals surface area contributed by atoms with E-state index >= 15 is 0 Å². The number of aryl methyl sites for hydroxylation is 1. The van der Waals surface area contributed by atoms with Crippen molar-refractivity contribution in [1.29, 1.82) is 0 Å². The number of hydrogen-bond acceptors (Lipinski definition) is 4. The first kappa shape index (κ1) is 13.0. The van der Waals surface area contributed by atoms with E-state index in [1.165, 1.54) is 37.0 Å². The summed E-state index contributed by atoms with van der Waals surface area (Å²) in [6.07, 6.45) is 6.81. The summed E-state index contributed by atoms with van der Waals surface area (Å²) in [5.41, 5.74) is 3.27. The minimum absolute atomic E-state index is 0.566. The third-order valence-corrected chi connectivity index (χ3v) is 4.75. The lowest BCUT2D eigenvalue weighted by Crippen LogP contribution is -1.98. The zero-order valence-electron chi connectivity index (χ0n) is 13.2. The van der Waals surface area contributed by atoms with Crippen LogP contribution in [-0.4, -0.2) is 19.5 Å². The van der Waals surface area contributed by atoms with Gasteiger partial charge in [-0.1, -0.05) is 0 Å². The molecule has 2 heterocycles. The third kappa shape index (κ3) is 2.36. The van der Waals surface area contributed by atoms with Crippen LogP contribution in [0.4, 0.5) is 11.5 Å². The maximum Gasteiger partial charge on any atom is 0.134 e. The molecular formula is C18H19N5. The van der Waals surface area contributed by atoms with Crippen molar-refractivity contribution in [3.05, 3.63) is 42.1 Å². The molecule has 0 bridgehead atoms. The minimum atomic E-state index is 0.566. The van der Waals surface area contributed by atoms with Gasteiger partial charge in [0.2, 0.25) is 0 Å². The molecule has 0 radical (unpaired) electrons. The number of imidazole rings is 1. The molecule has 0 amide bonds. The van der Waals surface area contributed by atoms with Crippen LogP contribution in [0.15, 0.2) is 30.5 Å². The van der Waals surface area contributed by atoms with Gasteiger partial charge in [0.1, 0.15) is 17.5 Å². The van der Waals surface area contributed by atoms with Crippen LogP contribution in [0.3, 0.4) is 0 Å². The summed E-state index contributed by atoms with van der Waals surface area (Å²) < 4.78 is 2.23. The van der Waals surface area contributed by atoms with Crippen molar-refractivity contribution in [2.45, 2.75) is 37.5 Å². The van der Waals surface area contributed by atoms with Crippen LogP contribution >= 0.6 is 0 Å². The minimum Gasteiger partial charge on any atom is -0.340 e. The molecule has 0 spiro atoms. The summed E-state index contributed by atoms with van der Waals surface area (Å²) in [6, 6.07) is 8.27. The second-order valence-electron chi connectivity index (χ2n) is 6.71. The molecule has 2 aromatic heterocycles. The number of fused-ring (bicyclic) bond motifs is 1. The lowest BCUT2D eigenvalue weighted by Gasteiger charge is -2.07. The number of rotatable bonds is 4. The summed E-state index contributed by atoms with van der Waals surface area (Å²) >= 11 is 0. The molecule has 2 aliphatic rings. The first-order chi connectivity index (χ1) is 11.3. The molecule has 0 unspecified atom stereocenters. The van der Waals surface area contributed by atoms with Crippen molar-refractivity contribution in [2.24, 2.45) is 7.05 Å². The van der Waals surface area contributed by atoms with Crippen molar-refractivity contribution in [2.75, 3.05) is 5.32 Å². The lowest BCUT2D eigenvalue weighted by atomic mass is 10.2. The molecule has 1 aromatic carbocycles. The van der Waals surface area contributed by atoms with E-state index in [-0.39, 0.29) is 0 Å². The number of nitrogens with zero attached hydrogens (tertiary/aromatic N) is 4. The number of hydrogen-bond donors (Lipinski definition) is 1. The van der Waals surface area contributed by atoms with Crippen LogP contribution < -0.4 is 5.32 Å². The van der Waals surface area contributed by atoms with Crippen LogP contribution in [0.2, 0.25) is 0 Å². The van der Waals surface area contributed by atoms with Crippen molar-refractivity contribution in [1.82, 2.24) is 19.5 Å². The molecule has 5 rings (SSSR count). The Kier molecular flexibility index (Phi) is 2.71. The average molecular weight is 305 g/mol. The smallest absolute Gasteiger partial charge is 0.134 e. The maximum atomic E-state index is 4.82. The monoisotopic (exact) mass is 305 g/mol. The van der Waals surface area contributed by atoms with E-state index in [0.29, 0.717) is 11.8 Å². The van der Waals surface area contributed by atoms with Gasteiger partial charge in [0.05, 0.1) is 11.0 Å². The van der Waals surface area contributed by atoms with Crippen molar-refractivity contribution in [3.8, 4) is 0 Å². The molecule has 2 aliphatic carbocycles. The molecule has 5 heteroatoms. The van der Waals surface area contributed by atoms with Crippen molar-refractivity contribution in [3.63, 3.8) is 0 Å². The Morgan fingerprint density at radius 2 is 1.87 bits per heavy atom. The van der Waals surface area contributed by atoms with Gasteiger partial charge in [-0.15, -0.1) is 0 Å². The highest BCUT2D eigenvalue weighted by molar-refractivity contribution is 5.81. The summed E-state index contributed by atoms with van der Waals surface area (Å²) in [5, 5.41) is 3.39.